The van der Waals surface area contributed by atoms with E-state index >= 15 is 0 Å². The Kier molecular flexibility index (Phi) is 4.46. The standard InChI is InChI=1S/C17H17N3O2/c21-16(10-20-13-18-12-19-20)11-22-17-8-6-15(7-9-17)14-4-2-1-3-5-14/h1-9,12-13,16,21H,10-11H2/t16-/m1/s1. The Morgan fingerprint density at radius 1 is 1.00 bits per heavy atom. The highest BCUT2D eigenvalue weighted by atomic mass is 16.5. The molecule has 1 N–H and O–H groups in total. The van der Waals surface area contributed by atoms with Crippen molar-refractivity contribution in [1.29, 1.82) is 0 Å². The molecule has 3 rings (SSSR count). The zero-order valence-corrected chi connectivity index (χ0v) is 12.0. The third-order valence-corrected chi connectivity index (χ3v) is 3.27. The summed E-state index contributed by atoms with van der Waals surface area (Å²) in [5.74, 6) is 0.734. The third kappa shape index (κ3) is 3.71. The fourth-order valence-electron chi connectivity index (χ4n) is 2.16. The third-order valence-electron chi connectivity index (χ3n) is 3.27. The number of nitrogens with zero attached hydrogens (tertiary/aromatic N) is 3. The largest absolute Gasteiger partial charge is 0.491 e. The van der Waals surface area contributed by atoms with E-state index in [0.29, 0.717) is 6.54 Å². The fourth-order valence-corrected chi connectivity index (χ4v) is 2.16. The van der Waals surface area contributed by atoms with Crippen LogP contribution in [0.5, 0.6) is 5.75 Å². The predicted octanol–water partition coefficient (Wildman–Crippen LogP) is 2.38. The van der Waals surface area contributed by atoms with Gasteiger partial charge in [0.05, 0.1) is 6.54 Å². The first-order valence-electron chi connectivity index (χ1n) is 7.10. The average molecular weight is 295 g/mol. The highest BCUT2D eigenvalue weighted by molar-refractivity contribution is 5.63. The topological polar surface area (TPSA) is 60.2 Å². The second-order valence-electron chi connectivity index (χ2n) is 4.97. The van der Waals surface area contributed by atoms with Gasteiger partial charge < -0.3 is 9.84 Å². The predicted molar refractivity (Wildman–Crippen MR) is 83.4 cm³/mol. The maximum Gasteiger partial charge on any atom is 0.137 e. The Hall–Kier alpha value is -2.66. The summed E-state index contributed by atoms with van der Waals surface area (Å²) >= 11 is 0. The van der Waals surface area contributed by atoms with Crippen LogP contribution in [0.3, 0.4) is 0 Å². The molecule has 0 aliphatic carbocycles. The minimum absolute atomic E-state index is 0.213. The van der Waals surface area contributed by atoms with Crippen LogP contribution >= 0.6 is 0 Å². The van der Waals surface area contributed by atoms with E-state index in [1.807, 2.05) is 42.5 Å². The molecule has 3 aromatic rings. The minimum Gasteiger partial charge on any atom is -0.491 e. The Morgan fingerprint density at radius 3 is 2.41 bits per heavy atom. The second kappa shape index (κ2) is 6.87. The van der Waals surface area contributed by atoms with E-state index in [1.165, 1.54) is 11.9 Å². The monoisotopic (exact) mass is 295 g/mol. The normalized spacial score (nSPS) is 12.0. The lowest BCUT2D eigenvalue weighted by molar-refractivity contribution is 0.0892. The molecule has 5 heteroatoms. The van der Waals surface area contributed by atoms with Gasteiger partial charge in [-0.25, -0.2) is 4.98 Å². The van der Waals surface area contributed by atoms with Crippen molar-refractivity contribution in [3.63, 3.8) is 0 Å². The van der Waals surface area contributed by atoms with E-state index in [2.05, 4.69) is 22.2 Å². The molecule has 5 nitrogen and oxygen atoms in total. The molecule has 0 saturated heterocycles. The first-order chi connectivity index (χ1) is 10.8. The zero-order chi connectivity index (χ0) is 15.2. The van der Waals surface area contributed by atoms with Crippen LogP contribution in [0.4, 0.5) is 0 Å². The van der Waals surface area contributed by atoms with Crippen molar-refractivity contribution in [2.45, 2.75) is 12.6 Å². The lowest BCUT2D eigenvalue weighted by Gasteiger charge is -2.12. The smallest absolute Gasteiger partial charge is 0.137 e. The summed E-state index contributed by atoms with van der Waals surface area (Å²) in [7, 11) is 0. The molecule has 0 saturated carbocycles. The Bertz CT molecular complexity index is 682. The molecule has 0 aliphatic heterocycles. The molecule has 0 amide bonds. The van der Waals surface area contributed by atoms with Crippen LogP contribution < -0.4 is 4.74 Å². The fraction of sp³-hybridized carbons (Fsp3) is 0.176. The number of hydrogen-bond donors (Lipinski definition) is 1. The maximum atomic E-state index is 9.90. The Balaban J connectivity index is 1.55. The van der Waals surface area contributed by atoms with Crippen LogP contribution in [-0.4, -0.2) is 32.6 Å². The van der Waals surface area contributed by atoms with Crippen LogP contribution in [0.1, 0.15) is 0 Å². The summed E-state index contributed by atoms with van der Waals surface area (Å²) in [5.41, 5.74) is 2.30. The first kappa shape index (κ1) is 14.3. The number of aliphatic hydroxyl groups is 1. The van der Waals surface area contributed by atoms with Crippen molar-refractivity contribution in [2.75, 3.05) is 6.61 Å². The Morgan fingerprint density at radius 2 is 1.73 bits per heavy atom. The van der Waals surface area contributed by atoms with Gasteiger partial charge in [-0.2, -0.15) is 5.10 Å². The summed E-state index contributed by atoms with van der Waals surface area (Å²) in [5, 5.41) is 13.8. The lowest BCUT2D eigenvalue weighted by atomic mass is 10.1. The van der Waals surface area contributed by atoms with E-state index < -0.39 is 6.10 Å². The molecule has 0 aliphatic rings. The van der Waals surface area contributed by atoms with Crippen molar-refractivity contribution < 1.29 is 9.84 Å². The quantitative estimate of drug-likeness (QED) is 0.758. The molecule has 2 aromatic carbocycles. The SMILES string of the molecule is O[C@@H](COc1ccc(-c2ccccc2)cc1)Cn1cncn1. The van der Waals surface area contributed by atoms with Crippen LogP contribution in [0, 0.1) is 0 Å². The van der Waals surface area contributed by atoms with Crippen LogP contribution in [-0.2, 0) is 6.54 Å². The van der Waals surface area contributed by atoms with Gasteiger partial charge in [0.15, 0.2) is 0 Å². The molecular formula is C17H17N3O2. The molecule has 0 bridgehead atoms. The Labute approximate surface area is 128 Å². The summed E-state index contributed by atoms with van der Waals surface area (Å²) in [6.45, 7) is 0.576. The van der Waals surface area contributed by atoms with Gasteiger partial charge >= 0.3 is 0 Å². The molecule has 112 valence electrons. The van der Waals surface area contributed by atoms with Crippen molar-refractivity contribution in [2.24, 2.45) is 0 Å². The average Bonchev–Trinajstić information content (AvgIpc) is 3.07. The van der Waals surface area contributed by atoms with Crippen LogP contribution in [0.25, 0.3) is 11.1 Å². The summed E-state index contributed by atoms with van der Waals surface area (Å²) in [6, 6.07) is 18.0. The van der Waals surface area contributed by atoms with Gasteiger partial charge in [-0.1, -0.05) is 42.5 Å². The molecule has 1 atom stereocenters. The minimum atomic E-state index is -0.629. The highest BCUT2D eigenvalue weighted by Crippen LogP contribution is 2.22. The van der Waals surface area contributed by atoms with Crippen LogP contribution in [0.15, 0.2) is 67.3 Å². The lowest BCUT2D eigenvalue weighted by Crippen LogP contribution is -2.23. The number of aliphatic hydroxyl groups excluding tert-OH is 1. The number of benzene rings is 2. The van der Waals surface area contributed by atoms with Crippen LogP contribution in [0.2, 0.25) is 0 Å². The van der Waals surface area contributed by atoms with Crippen molar-refractivity contribution in [3.8, 4) is 16.9 Å². The van der Waals surface area contributed by atoms with E-state index in [1.54, 1.807) is 11.0 Å². The van der Waals surface area contributed by atoms with Gasteiger partial charge in [0, 0.05) is 0 Å². The second-order valence-corrected chi connectivity index (χ2v) is 4.97. The van der Waals surface area contributed by atoms with E-state index in [-0.39, 0.29) is 6.61 Å². The van der Waals surface area contributed by atoms with E-state index in [0.717, 1.165) is 11.3 Å². The van der Waals surface area contributed by atoms with Gasteiger partial charge in [0.2, 0.25) is 0 Å². The number of hydrogen-bond acceptors (Lipinski definition) is 4. The summed E-state index contributed by atoms with van der Waals surface area (Å²) in [6.07, 6.45) is 2.38. The number of aromatic nitrogens is 3. The van der Waals surface area contributed by atoms with E-state index in [9.17, 15) is 5.11 Å². The molecule has 0 spiro atoms. The first-order valence-corrected chi connectivity index (χ1v) is 7.10. The van der Waals surface area contributed by atoms with Crippen molar-refractivity contribution >= 4 is 0 Å². The molecule has 0 fully saturated rings. The van der Waals surface area contributed by atoms with Gasteiger partial charge in [0.1, 0.15) is 31.1 Å². The molecular weight excluding hydrogens is 278 g/mol. The van der Waals surface area contributed by atoms with Gasteiger partial charge in [-0.05, 0) is 23.3 Å². The zero-order valence-electron chi connectivity index (χ0n) is 12.0. The summed E-state index contributed by atoms with van der Waals surface area (Å²) in [4.78, 5) is 3.83. The highest BCUT2D eigenvalue weighted by Gasteiger charge is 2.07. The van der Waals surface area contributed by atoms with Gasteiger partial charge in [0.25, 0.3) is 0 Å². The molecule has 1 heterocycles. The molecule has 1 aromatic heterocycles. The van der Waals surface area contributed by atoms with Gasteiger partial charge in [-0.3, -0.25) is 4.68 Å². The van der Waals surface area contributed by atoms with E-state index in [4.69, 9.17) is 4.74 Å². The number of rotatable bonds is 6. The summed E-state index contributed by atoms with van der Waals surface area (Å²) < 4.78 is 7.17. The van der Waals surface area contributed by atoms with Gasteiger partial charge in [-0.15, -0.1) is 0 Å². The maximum absolute atomic E-state index is 9.90. The number of ether oxygens (including phenoxy) is 1. The van der Waals surface area contributed by atoms with Crippen molar-refractivity contribution in [3.05, 3.63) is 67.3 Å². The molecule has 0 unspecified atom stereocenters. The van der Waals surface area contributed by atoms with Crippen molar-refractivity contribution in [1.82, 2.24) is 14.8 Å². The molecule has 22 heavy (non-hydrogen) atoms. The molecule has 0 radical (unpaired) electrons.